The van der Waals surface area contributed by atoms with Gasteiger partial charge in [-0.1, -0.05) is 92.4 Å². The topological polar surface area (TPSA) is 104 Å². The minimum absolute atomic E-state index is 0.149. The minimum atomic E-state index is -0.294. The van der Waals surface area contributed by atoms with Crippen molar-refractivity contribution in [1.82, 2.24) is 20.2 Å². The highest BCUT2D eigenvalue weighted by atomic mass is 32.2. The van der Waals surface area contributed by atoms with Gasteiger partial charge in [0.2, 0.25) is 11.1 Å². The monoisotopic (exact) mass is 493 g/mol. The largest absolute Gasteiger partial charge is 0.370 e. The van der Waals surface area contributed by atoms with Crippen molar-refractivity contribution in [2.45, 2.75) is 69.4 Å². The Bertz CT molecular complexity index is 1030. The van der Waals surface area contributed by atoms with Gasteiger partial charge in [-0.3, -0.25) is 9.59 Å². The first-order chi connectivity index (χ1) is 17.1. The molecular formula is C27H35N5O2S. The van der Waals surface area contributed by atoms with Crippen LogP contribution in [-0.4, -0.2) is 37.7 Å². The number of nitrogens with two attached hydrogens (primary N) is 1. The summed E-state index contributed by atoms with van der Waals surface area (Å²) < 4.78 is 1.78. The van der Waals surface area contributed by atoms with Gasteiger partial charge in [0.1, 0.15) is 0 Å². The number of ketones is 1. The van der Waals surface area contributed by atoms with Crippen LogP contribution in [0, 0.1) is 5.92 Å². The highest BCUT2D eigenvalue weighted by Gasteiger charge is 2.16. The number of para-hydroxylation sites is 1. The third-order valence-corrected chi connectivity index (χ3v) is 7.05. The molecule has 0 bridgehead atoms. The summed E-state index contributed by atoms with van der Waals surface area (Å²) in [4.78, 5) is 23.8. The lowest BCUT2D eigenvalue weighted by atomic mass is 9.89. The Labute approximate surface area is 211 Å². The summed E-state index contributed by atoms with van der Waals surface area (Å²) in [5.41, 5.74) is 7.06. The van der Waals surface area contributed by atoms with Crippen LogP contribution in [0.15, 0.2) is 65.8 Å². The lowest BCUT2D eigenvalue weighted by Crippen LogP contribution is -2.15. The number of benzene rings is 2. The molecule has 0 aliphatic heterocycles. The number of tetrazole rings is 1. The zero-order valence-corrected chi connectivity index (χ0v) is 21.0. The molecule has 2 N–H and O–H groups in total. The number of primary amides is 1. The van der Waals surface area contributed by atoms with Crippen molar-refractivity contribution in [3.05, 3.63) is 66.2 Å². The molecule has 35 heavy (non-hydrogen) atoms. The summed E-state index contributed by atoms with van der Waals surface area (Å²) in [5.74, 6) is 1.06. The van der Waals surface area contributed by atoms with Crippen molar-refractivity contribution in [1.29, 1.82) is 0 Å². The molecule has 1 unspecified atom stereocenters. The maximum atomic E-state index is 12.6. The molecule has 0 fully saturated rings. The van der Waals surface area contributed by atoms with Gasteiger partial charge in [0.25, 0.3) is 0 Å². The highest BCUT2D eigenvalue weighted by Crippen LogP contribution is 2.23. The summed E-state index contributed by atoms with van der Waals surface area (Å²) >= 11 is 1.69. The molecule has 1 atom stereocenters. The Morgan fingerprint density at radius 3 is 2.23 bits per heavy atom. The lowest BCUT2D eigenvalue weighted by Gasteiger charge is -2.15. The Hall–Kier alpha value is -3.00. The summed E-state index contributed by atoms with van der Waals surface area (Å²) in [5, 5.41) is 12.9. The van der Waals surface area contributed by atoms with E-state index < -0.39 is 0 Å². The molecule has 0 aliphatic rings. The van der Waals surface area contributed by atoms with Crippen LogP contribution in [0.4, 0.5) is 0 Å². The average Bonchev–Trinajstić information content (AvgIpc) is 3.35. The van der Waals surface area contributed by atoms with Gasteiger partial charge in [-0.15, -0.1) is 5.10 Å². The molecule has 1 amide bonds. The molecule has 0 radical (unpaired) electrons. The standard InChI is InChI=1S/C27H35N5O2S/c28-26(34)19-18-22(21-25(33)23-14-8-5-9-15-23)13-7-3-1-2-4-12-20-35-27-29-30-31-32(27)24-16-10-6-11-17-24/h5-6,8-11,14-17,22H,1-4,7,12-13,18-21H2,(H2,28,34). The third kappa shape index (κ3) is 9.64. The van der Waals surface area contributed by atoms with E-state index in [0.29, 0.717) is 19.3 Å². The molecule has 0 saturated carbocycles. The van der Waals surface area contributed by atoms with E-state index in [-0.39, 0.29) is 17.6 Å². The smallest absolute Gasteiger partial charge is 0.217 e. The predicted molar refractivity (Wildman–Crippen MR) is 140 cm³/mol. The number of hydrogen-bond acceptors (Lipinski definition) is 6. The molecule has 1 aromatic heterocycles. The second-order valence-corrected chi connectivity index (χ2v) is 9.89. The fourth-order valence-electron chi connectivity index (χ4n) is 4.10. The molecule has 186 valence electrons. The number of Topliss-reactive ketones (excluding diaryl/α,β-unsaturated/α-hetero) is 1. The normalized spacial score (nSPS) is 11.9. The van der Waals surface area contributed by atoms with Crippen LogP contribution >= 0.6 is 11.8 Å². The summed E-state index contributed by atoms with van der Waals surface area (Å²) in [6.07, 6.45) is 9.38. The van der Waals surface area contributed by atoms with Crippen LogP contribution in [0.3, 0.4) is 0 Å². The number of rotatable bonds is 17. The number of unbranched alkanes of at least 4 members (excludes halogenated alkanes) is 5. The van der Waals surface area contributed by atoms with Gasteiger partial charge in [0.05, 0.1) is 5.69 Å². The maximum absolute atomic E-state index is 12.6. The van der Waals surface area contributed by atoms with Gasteiger partial charge in [-0.2, -0.15) is 4.68 Å². The SMILES string of the molecule is NC(=O)CCC(CCCCCCCCSc1nnnn1-c1ccccc1)CC(=O)c1ccccc1. The fourth-order valence-corrected chi connectivity index (χ4v) is 4.99. The Balaban J connectivity index is 1.29. The predicted octanol–water partition coefficient (Wildman–Crippen LogP) is 5.64. The van der Waals surface area contributed by atoms with Crippen LogP contribution in [-0.2, 0) is 4.79 Å². The second kappa shape index (κ2) is 15.1. The first kappa shape index (κ1) is 26.6. The van der Waals surface area contributed by atoms with Crippen LogP contribution < -0.4 is 5.73 Å². The van der Waals surface area contributed by atoms with Gasteiger partial charge in [-0.25, -0.2) is 0 Å². The van der Waals surface area contributed by atoms with E-state index >= 15 is 0 Å². The number of nitrogens with zero attached hydrogens (tertiary/aromatic N) is 4. The highest BCUT2D eigenvalue weighted by molar-refractivity contribution is 7.99. The number of aromatic nitrogens is 4. The quantitative estimate of drug-likeness (QED) is 0.148. The van der Waals surface area contributed by atoms with Crippen molar-refractivity contribution in [3.63, 3.8) is 0 Å². The maximum Gasteiger partial charge on any atom is 0.217 e. The van der Waals surface area contributed by atoms with E-state index in [4.69, 9.17) is 5.73 Å². The Morgan fingerprint density at radius 1 is 0.857 bits per heavy atom. The Morgan fingerprint density at radius 2 is 1.51 bits per heavy atom. The number of amides is 1. The molecule has 7 nitrogen and oxygen atoms in total. The molecule has 2 aromatic carbocycles. The molecule has 1 heterocycles. The molecule has 3 aromatic rings. The summed E-state index contributed by atoms with van der Waals surface area (Å²) in [7, 11) is 0. The van der Waals surface area contributed by atoms with Gasteiger partial charge >= 0.3 is 0 Å². The van der Waals surface area contributed by atoms with E-state index in [1.54, 1.807) is 16.4 Å². The molecule has 8 heteroatoms. The van der Waals surface area contributed by atoms with Gasteiger partial charge in [0.15, 0.2) is 5.78 Å². The van der Waals surface area contributed by atoms with Crippen molar-refractivity contribution < 1.29 is 9.59 Å². The zero-order valence-electron chi connectivity index (χ0n) is 20.2. The van der Waals surface area contributed by atoms with E-state index in [9.17, 15) is 9.59 Å². The van der Waals surface area contributed by atoms with Gasteiger partial charge < -0.3 is 5.73 Å². The summed E-state index contributed by atoms with van der Waals surface area (Å²) in [6, 6.07) is 19.3. The Kier molecular flexibility index (Phi) is 11.5. The first-order valence-corrected chi connectivity index (χ1v) is 13.4. The number of carbonyl (C=O) groups is 2. The first-order valence-electron chi connectivity index (χ1n) is 12.5. The summed E-state index contributed by atoms with van der Waals surface area (Å²) in [6.45, 7) is 0. The molecular weight excluding hydrogens is 458 g/mol. The van der Waals surface area contributed by atoms with Crippen LogP contribution in [0.25, 0.3) is 5.69 Å². The minimum Gasteiger partial charge on any atom is -0.370 e. The molecule has 0 saturated heterocycles. The van der Waals surface area contributed by atoms with E-state index in [1.807, 2.05) is 60.7 Å². The number of thioether (sulfide) groups is 1. The fraction of sp³-hybridized carbons (Fsp3) is 0.444. The second-order valence-electron chi connectivity index (χ2n) is 8.83. The van der Waals surface area contributed by atoms with E-state index in [2.05, 4.69) is 15.5 Å². The van der Waals surface area contributed by atoms with Crippen LogP contribution in [0.1, 0.15) is 74.6 Å². The van der Waals surface area contributed by atoms with Crippen molar-refractivity contribution in [2.24, 2.45) is 11.7 Å². The average molecular weight is 494 g/mol. The van der Waals surface area contributed by atoms with E-state index in [0.717, 1.165) is 47.8 Å². The van der Waals surface area contributed by atoms with Gasteiger partial charge in [-0.05, 0) is 47.7 Å². The van der Waals surface area contributed by atoms with Crippen molar-refractivity contribution >= 4 is 23.5 Å². The van der Waals surface area contributed by atoms with Crippen molar-refractivity contribution in [3.8, 4) is 5.69 Å². The van der Waals surface area contributed by atoms with Gasteiger partial charge in [0, 0.05) is 24.2 Å². The van der Waals surface area contributed by atoms with E-state index in [1.165, 1.54) is 19.3 Å². The zero-order chi connectivity index (χ0) is 24.7. The van der Waals surface area contributed by atoms with Crippen LogP contribution in [0.2, 0.25) is 0 Å². The lowest BCUT2D eigenvalue weighted by molar-refractivity contribution is -0.118. The number of hydrogen-bond donors (Lipinski definition) is 1. The number of carbonyl (C=O) groups excluding carboxylic acids is 2. The molecule has 0 aliphatic carbocycles. The molecule has 0 spiro atoms. The molecule has 3 rings (SSSR count). The van der Waals surface area contributed by atoms with Crippen LogP contribution in [0.5, 0.6) is 0 Å². The third-order valence-electron chi connectivity index (χ3n) is 6.05. The van der Waals surface area contributed by atoms with Crippen molar-refractivity contribution in [2.75, 3.05) is 5.75 Å².